The first-order valence-electron chi connectivity index (χ1n) is 6.89. The number of carbonyl (C=O) groups is 2. The van der Waals surface area contributed by atoms with E-state index in [4.69, 9.17) is 9.47 Å². The van der Waals surface area contributed by atoms with Gasteiger partial charge in [-0.2, -0.15) is 0 Å². The van der Waals surface area contributed by atoms with Gasteiger partial charge in [-0.05, 0) is 13.8 Å². The molecule has 2 N–H and O–H groups in total. The molecule has 0 fully saturated rings. The van der Waals surface area contributed by atoms with Crippen LogP contribution in [-0.4, -0.2) is 31.7 Å². The van der Waals surface area contributed by atoms with Gasteiger partial charge in [-0.15, -0.1) is 0 Å². The normalized spacial score (nSPS) is 11.7. The Hall–Kier alpha value is -1.88. The van der Waals surface area contributed by atoms with Gasteiger partial charge in [0.1, 0.15) is 0 Å². The summed E-state index contributed by atoms with van der Waals surface area (Å²) in [6, 6.07) is 8.96. The molecule has 110 valence electrons. The molecule has 5 nitrogen and oxygen atoms in total. The standard InChI is InChI=1S/C15H21NO4/c1-3-19-13(17)10-11-16-14(15(18)20-4-2)12-8-6-5-7-9-12/h5-9,14,16H,3-4,10-11H2,1-2H3/p+1/t14-/m0/s1. The van der Waals surface area contributed by atoms with Gasteiger partial charge in [0.15, 0.2) is 0 Å². The highest BCUT2D eigenvalue weighted by Gasteiger charge is 2.25. The summed E-state index contributed by atoms with van der Waals surface area (Å²) in [4.78, 5) is 23.3. The van der Waals surface area contributed by atoms with Gasteiger partial charge in [0, 0.05) is 5.56 Å². The van der Waals surface area contributed by atoms with Crippen LogP contribution in [0.4, 0.5) is 0 Å². The van der Waals surface area contributed by atoms with Crippen molar-refractivity contribution in [1.29, 1.82) is 0 Å². The summed E-state index contributed by atoms with van der Waals surface area (Å²) in [5, 5.41) is 1.81. The number of ether oxygens (including phenoxy) is 2. The van der Waals surface area contributed by atoms with E-state index in [2.05, 4.69) is 0 Å². The monoisotopic (exact) mass is 280 g/mol. The Bertz CT molecular complexity index is 419. The predicted molar refractivity (Wildman–Crippen MR) is 73.9 cm³/mol. The first-order chi connectivity index (χ1) is 9.69. The van der Waals surface area contributed by atoms with E-state index in [-0.39, 0.29) is 18.4 Å². The molecule has 0 aliphatic carbocycles. The molecule has 0 spiro atoms. The van der Waals surface area contributed by atoms with Crippen LogP contribution >= 0.6 is 0 Å². The maximum atomic E-state index is 12.0. The zero-order valence-corrected chi connectivity index (χ0v) is 12.0. The van der Waals surface area contributed by atoms with Gasteiger partial charge in [0.2, 0.25) is 6.04 Å². The zero-order chi connectivity index (χ0) is 14.8. The van der Waals surface area contributed by atoms with E-state index < -0.39 is 6.04 Å². The SMILES string of the molecule is CCOC(=O)CC[NH2+][C@H](C(=O)OCC)c1ccccc1. The molecule has 0 aliphatic rings. The van der Waals surface area contributed by atoms with Crippen LogP contribution in [0.2, 0.25) is 0 Å². The molecule has 0 radical (unpaired) electrons. The summed E-state index contributed by atoms with van der Waals surface area (Å²) in [5.41, 5.74) is 0.870. The maximum absolute atomic E-state index is 12.0. The second-order valence-electron chi connectivity index (χ2n) is 4.22. The van der Waals surface area contributed by atoms with Gasteiger partial charge in [-0.1, -0.05) is 30.3 Å². The highest BCUT2D eigenvalue weighted by atomic mass is 16.5. The third-order valence-electron chi connectivity index (χ3n) is 2.76. The lowest BCUT2D eigenvalue weighted by atomic mass is 10.1. The number of hydrogen-bond acceptors (Lipinski definition) is 4. The van der Waals surface area contributed by atoms with Gasteiger partial charge >= 0.3 is 11.9 Å². The van der Waals surface area contributed by atoms with Crippen molar-refractivity contribution in [3.05, 3.63) is 35.9 Å². The van der Waals surface area contributed by atoms with Crippen molar-refractivity contribution in [2.75, 3.05) is 19.8 Å². The minimum atomic E-state index is -0.439. The average molecular weight is 280 g/mol. The largest absolute Gasteiger partial charge is 0.466 e. The Morgan fingerprint density at radius 2 is 1.75 bits per heavy atom. The maximum Gasteiger partial charge on any atom is 0.369 e. The molecule has 0 aromatic heterocycles. The minimum absolute atomic E-state index is 0.251. The molecule has 0 aliphatic heterocycles. The first-order valence-corrected chi connectivity index (χ1v) is 6.89. The number of benzene rings is 1. The zero-order valence-electron chi connectivity index (χ0n) is 12.0. The summed E-state index contributed by atoms with van der Waals surface area (Å²) in [6.45, 7) is 4.75. The summed E-state index contributed by atoms with van der Waals surface area (Å²) in [5.74, 6) is -0.540. The van der Waals surface area contributed by atoms with E-state index in [1.807, 2.05) is 35.6 Å². The Morgan fingerprint density at radius 3 is 2.35 bits per heavy atom. The quantitative estimate of drug-likeness (QED) is 0.715. The van der Waals surface area contributed by atoms with Crippen molar-refractivity contribution >= 4 is 11.9 Å². The Kier molecular flexibility index (Phi) is 7.35. The lowest BCUT2D eigenvalue weighted by molar-refractivity contribution is -0.683. The smallest absolute Gasteiger partial charge is 0.369 e. The molecule has 1 rings (SSSR count). The molecule has 0 saturated carbocycles. The summed E-state index contributed by atoms with van der Waals surface area (Å²) in [6.07, 6.45) is 0.274. The fourth-order valence-corrected chi connectivity index (χ4v) is 1.86. The molecule has 5 heteroatoms. The summed E-state index contributed by atoms with van der Waals surface area (Å²) in [7, 11) is 0. The third kappa shape index (κ3) is 5.40. The lowest BCUT2D eigenvalue weighted by Crippen LogP contribution is -2.87. The number of esters is 2. The van der Waals surface area contributed by atoms with Gasteiger partial charge in [0.25, 0.3) is 0 Å². The van der Waals surface area contributed by atoms with Gasteiger partial charge in [0.05, 0.1) is 26.2 Å². The van der Waals surface area contributed by atoms with Crippen molar-refractivity contribution in [3.8, 4) is 0 Å². The highest BCUT2D eigenvalue weighted by molar-refractivity contribution is 5.76. The lowest BCUT2D eigenvalue weighted by Gasteiger charge is -2.14. The van der Waals surface area contributed by atoms with Crippen molar-refractivity contribution < 1.29 is 24.4 Å². The van der Waals surface area contributed by atoms with Crippen molar-refractivity contribution in [2.24, 2.45) is 0 Å². The van der Waals surface area contributed by atoms with E-state index in [1.54, 1.807) is 13.8 Å². The van der Waals surface area contributed by atoms with Gasteiger partial charge in [-0.25, -0.2) is 4.79 Å². The van der Waals surface area contributed by atoms with E-state index in [0.717, 1.165) is 5.56 Å². The number of nitrogens with two attached hydrogens (primary N) is 1. The van der Waals surface area contributed by atoms with Gasteiger partial charge < -0.3 is 14.8 Å². The number of quaternary nitrogens is 1. The number of rotatable bonds is 8. The number of carbonyl (C=O) groups excluding carboxylic acids is 2. The second-order valence-corrected chi connectivity index (χ2v) is 4.22. The Morgan fingerprint density at radius 1 is 1.10 bits per heavy atom. The van der Waals surface area contributed by atoms with Gasteiger partial charge in [-0.3, -0.25) is 4.79 Å². The van der Waals surface area contributed by atoms with E-state index in [1.165, 1.54) is 0 Å². The van der Waals surface area contributed by atoms with Crippen LogP contribution in [-0.2, 0) is 19.1 Å². The summed E-state index contributed by atoms with van der Waals surface area (Å²) >= 11 is 0. The third-order valence-corrected chi connectivity index (χ3v) is 2.76. The molecule has 0 heterocycles. The minimum Gasteiger partial charge on any atom is -0.466 e. The van der Waals surface area contributed by atoms with Crippen LogP contribution in [0.5, 0.6) is 0 Å². The van der Waals surface area contributed by atoms with Crippen LogP contribution in [0, 0.1) is 0 Å². The first kappa shape index (κ1) is 16.2. The number of hydrogen-bond donors (Lipinski definition) is 1. The van der Waals surface area contributed by atoms with Crippen molar-refractivity contribution in [2.45, 2.75) is 26.3 Å². The molecular formula is C15H22NO4+. The molecule has 0 unspecified atom stereocenters. The van der Waals surface area contributed by atoms with Crippen molar-refractivity contribution in [1.82, 2.24) is 0 Å². The molecule has 1 atom stereocenters. The summed E-state index contributed by atoms with van der Waals surface area (Å²) < 4.78 is 9.94. The molecule has 1 aromatic rings. The average Bonchev–Trinajstić information content (AvgIpc) is 2.45. The predicted octanol–water partition coefficient (Wildman–Crippen LogP) is 0.807. The fourth-order valence-electron chi connectivity index (χ4n) is 1.86. The molecule has 0 saturated heterocycles. The topological polar surface area (TPSA) is 69.2 Å². The van der Waals surface area contributed by atoms with Crippen molar-refractivity contribution in [3.63, 3.8) is 0 Å². The molecular weight excluding hydrogens is 258 g/mol. The molecule has 0 amide bonds. The second kappa shape index (κ2) is 9.09. The van der Waals surface area contributed by atoms with E-state index in [9.17, 15) is 9.59 Å². The van der Waals surface area contributed by atoms with Crippen LogP contribution in [0.3, 0.4) is 0 Å². The highest BCUT2D eigenvalue weighted by Crippen LogP contribution is 2.09. The van der Waals surface area contributed by atoms with Crippen LogP contribution in [0.15, 0.2) is 30.3 Å². The van der Waals surface area contributed by atoms with E-state index in [0.29, 0.717) is 19.8 Å². The Labute approximate surface area is 119 Å². The van der Waals surface area contributed by atoms with E-state index >= 15 is 0 Å². The molecule has 1 aromatic carbocycles. The fraction of sp³-hybridized carbons (Fsp3) is 0.467. The van der Waals surface area contributed by atoms with Crippen LogP contribution in [0.1, 0.15) is 31.9 Å². The Balaban J connectivity index is 2.60. The molecule has 0 bridgehead atoms. The molecule has 20 heavy (non-hydrogen) atoms. The van der Waals surface area contributed by atoms with Crippen LogP contribution in [0.25, 0.3) is 0 Å². The van der Waals surface area contributed by atoms with Crippen LogP contribution < -0.4 is 5.32 Å².